The van der Waals surface area contributed by atoms with Crippen LogP contribution in [0.25, 0.3) is 98.2 Å². The van der Waals surface area contributed by atoms with Gasteiger partial charge < -0.3 is 0 Å². The van der Waals surface area contributed by atoms with E-state index >= 15 is 0 Å². The lowest BCUT2D eigenvalue weighted by Crippen LogP contribution is -1.96. The first-order chi connectivity index (χ1) is 26.2. The number of rotatable bonds is 6. The number of nitrogens with zero attached hydrogens (tertiary/aromatic N) is 2. The molecule has 53 heavy (non-hydrogen) atoms. The molecular weight excluding hydrogens is 661 g/mol. The molecule has 0 unspecified atom stereocenters. The largest absolute Gasteiger partial charge is 0.228 e. The number of thiophene rings is 1. The summed E-state index contributed by atoms with van der Waals surface area (Å²) >= 11 is 1.87. The van der Waals surface area contributed by atoms with Crippen LogP contribution in [0.2, 0.25) is 0 Å². The molecule has 0 atom stereocenters. The van der Waals surface area contributed by atoms with Crippen molar-refractivity contribution in [1.29, 1.82) is 0 Å². The normalized spacial score (nSPS) is 11.4. The van der Waals surface area contributed by atoms with Crippen LogP contribution in [0.4, 0.5) is 0 Å². The molecule has 248 valence electrons. The van der Waals surface area contributed by atoms with Crippen molar-refractivity contribution in [3.8, 4) is 67.3 Å². The minimum Gasteiger partial charge on any atom is -0.228 e. The summed E-state index contributed by atoms with van der Waals surface area (Å²) in [6, 6.07) is 69.1. The Balaban J connectivity index is 1.06. The van der Waals surface area contributed by atoms with E-state index in [-0.39, 0.29) is 0 Å². The summed E-state index contributed by atoms with van der Waals surface area (Å²) in [5.74, 6) is 0.709. The van der Waals surface area contributed by atoms with Gasteiger partial charge in [0.05, 0.1) is 11.4 Å². The summed E-state index contributed by atoms with van der Waals surface area (Å²) in [4.78, 5) is 10.2. The highest BCUT2D eigenvalue weighted by Gasteiger charge is 2.15. The molecule has 8 aromatic carbocycles. The second-order valence-electron chi connectivity index (χ2n) is 13.4. The van der Waals surface area contributed by atoms with E-state index in [4.69, 9.17) is 9.97 Å². The molecule has 2 nitrogen and oxygen atoms in total. The van der Waals surface area contributed by atoms with Crippen molar-refractivity contribution in [1.82, 2.24) is 9.97 Å². The van der Waals surface area contributed by atoms with Crippen molar-refractivity contribution in [2.45, 2.75) is 0 Å². The molecule has 0 N–H and O–H groups in total. The lowest BCUT2D eigenvalue weighted by molar-refractivity contribution is 1.18. The molecule has 0 aliphatic heterocycles. The van der Waals surface area contributed by atoms with Crippen LogP contribution in [-0.2, 0) is 0 Å². The van der Waals surface area contributed by atoms with Crippen LogP contribution in [0.5, 0.6) is 0 Å². The van der Waals surface area contributed by atoms with E-state index in [9.17, 15) is 0 Å². The quantitative estimate of drug-likeness (QED) is 0.173. The molecule has 0 aliphatic rings. The van der Waals surface area contributed by atoms with E-state index in [1.807, 2.05) is 35.6 Å². The first kappa shape index (κ1) is 31.1. The van der Waals surface area contributed by atoms with Gasteiger partial charge in [-0.1, -0.05) is 164 Å². The van der Waals surface area contributed by atoms with Crippen LogP contribution in [0.1, 0.15) is 0 Å². The van der Waals surface area contributed by atoms with Gasteiger partial charge in [-0.15, -0.1) is 11.3 Å². The summed E-state index contributed by atoms with van der Waals surface area (Å²) < 4.78 is 2.63. The second-order valence-corrected chi connectivity index (χ2v) is 14.5. The maximum absolute atomic E-state index is 5.14. The van der Waals surface area contributed by atoms with Gasteiger partial charge in [-0.2, -0.15) is 0 Å². The SMILES string of the molecule is c1ccc(-c2ccc(-c3cc(-c4cccc(-c5cccc(-c6cccc7sc8ccc9ccccc9c8c67)c5)c4)nc(-c4ccccc4)n3)cc2)cc1. The van der Waals surface area contributed by atoms with E-state index in [1.54, 1.807) is 0 Å². The maximum atomic E-state index is 5.14. The summed E-state index contributed by atoms with van der Waals surface area (Å²) in [7, 11) is 0. The standard InChI is InChI=1S/C50H32N2S/c1-3-12-33(13-4-1)34-24-26-36(27-25-34)44-32-45(52-50(51-44)37-15-5-2-6-16-37)41-20-10-18-39(31-41)38-17-9-19-40(30-38)43-22-11-23-46-49(43)48-42-21-8-7-14-35(42)28-29-47(48)53-46/h1-32H. The molecule has 3 heteroatoms. The second kappa shape index (κ2) is 13.1. The first-order valence-corrected chi connectivity index (χ1v) is 18.7. The molecule has 0 saturated heterocycles. The minimum absolute atomic E-state index is 0.709. The van der Waals surface area contributed by atoms with E-state index in [0.717, 1.165) is 33.6 Å². The molecule has 0 fully saturated rings. The van der Waals surface area contributed by atoms with Crippen LogP contribution in [0, 0.1) is 0 Å². The Labute approximate surface area is 312 Å². The topological polar surface area (TPSA) is 25.8 Å². The summed E-state index contributed by atoms with van der Waals surface area (Å²) in [6.07, 6.45) is 0. The highest BCUT2D eigenvalue weighted by Crippen LogP contribution is 2.43. The third-order valence-corrected chi connectivity index (χ3v) is 11.2. The van der Waals surface area contributed by atoms with E-state index < -0.39 is 0 Å². The van der Waals surface area contributed by atoms with Crippen molar-refractivity contribution in [2.24, 2.45) is 0 Å². The molecule has 10 aromatic rings. The zero-order valence-corrected chi connectivity index (χ0v) is 29.6. The van der Waals surface area contributed by atoms with Gasteiger partial charge in [0, 0.05) is 36.9 Å². The molecule has 0 radical (unpaired) electrons. The monoisotopic (exact) mass is 692 g/mol. The van der Waals surface area contributed by atoms with Crippen LogP contribution < -0.4 is 0 Å². The smallest absolute Gasteiger partial charge is 0.160 e. The molecule has 10 rings (SSSR count). The number of fused-ring (bicyclic) bond motifs is 5. The average molecular weight is 693 g/mol. The number of hydrogen-bond donors (Lipinski definition) is 0. The summed E-state index contributed by atoms with van der Waals surface area (Å²) in [6.45, 7) is 0. The van der Waals surface area contributed by atoms with Gasteiger partial charge in [0.1, 0.15) is 0 Å². The maximum Gasteiger partial charge on any atom is 0.160 e. The fourth-order valence-corrected chi connectivity index (χ4v) is 8.62. The van der Waals surface area contributed by atoms with Crippen LogP contribution in [0.15, 0.2) is 194 Å². The summed E-state index contributed by atoms with van der Waals surface area (Å²) in [5, 5.41) is 5.25. The molecule has 2 heterocycles. The fraction of sp³-hybridized carbons (Fsp3) is 0. The Morgan fingerprint density at radius 3 is 1.64 bits per heavy atom. The molecule has 0 bridgehead atoms. The Morgan fingerprint density at radius 1 is 0.321 bits per heavy atom. The molecule has 2 aromatic heterocycles. The molecule has 0 spiro atoms. The zero-order valence-electron chi connectivity index (χ0n) is 28.8. The predicted octanol–water partition coefficient (Wildman–Crippen LogP) is 14.0. The van der Waals surface area contributed by atoms with Crippen molar-refractivity contribution < 1.29 is 0 Å². The van der Waals surface area contributed by atoms with Gasteiger partial charge in [-0.3, -0.25) is 0 Å². The Kier molecular flexibility index (Phi) is 7.71. The van der Waals surface area contributed by atoms with Gasteiger partial charge >= 0.3 is 0 Å². The first-order valence-electron chi connectivity index (χ1n) is 17.9. The van der Waals surface area contributed by atoms with Crippen molar-refractivity contribution in [3.05, 3.63) is 194 Å². The molecule has 0 aliphatic carbocycles. The third-order valence-electron chi connectivity index (χ3n) is 10.1. The van der Waals surface area contributed by atoms with Gasteiger partial charge in [0.2, 0.25) is 0 Å². The molecular formula is C50H32N2S. The highest BCUT2D eigenvalue weighted by atomic mass is 32.1. The van der Waals surface area contributed by atoms with Crippen molar-refractivity contribution in [3.63, 3.8) is 0 Å². The predicted molar refractivity (Wildman–Crippen MR) is 225 cm³/mol. The molecule has 0 saturated carbocycles. The number of aromatic nitrogens is 2. The lowest BCUT2D eigenvalue weighted by Gasteiger charge is -2.12. The Bertz CT molecular complexity index is 2930. The van der Waals surface area contributed by atoms with Crippen LogP contribution >= 0.6 is 11.3 Å². The van der Waals surface area contributed by atoms with E-state index in [2.05, 4.69) is 170 Å². The lowest BCUT2D eigenvalue weighted by atomic mass is 9.94. The van der Waals surface area contributed by atoms with Crippen molar-refractivity contribution >= 4 is 42.3 Å². The summed E-state index contributed by atoms with van der Waals surface area (Å²) in [5.41, 5.74) is 12.0. The zero-order chi connectivity index (χ0) is 35.1. The van der Waals surface area contributed by atoms with Gasteiger partial charge in [-0.25, -0.2) is 9.97 Å². The van der Waals surface area contributed by atoms with Gasteiger partial charge in [0.15, 0.2) is 5.82 Å². The Hall–Kier alpha value is -6.68. The van der Waals surface area contributed by atoms with Crippen LogP contribution in [-0.4, -0.2) is 9.97 Å². The highest BCUT2D eigenvalue weighted by molar-refractivity contribution is 7.26. The third kappa shape index (κ3) is 5.78. The number of hydrogen-bond acceptors (Lipinski definition) is 3. The van der Waals surface area contributed by atoms with Gasteiger partial charge in [-0.05, 0) is 74.5 Å². The van der Waals surface area contributed by atoms with E-state index in [1.165, 1.54) is 58.8 Å². The van der Waals surface area contributed by atoms with Crippen molar-refractivity contribution in [2.75, 3.05) is 0 Å². The van der Waals surface area contributed by atoms with Gasteiger partial charge in [0.25, 0.3) is 0 Å². The average Bonchev–Trinajstić information content (AvgIpc) is 3.64. The number of benzene rings is 8. The molecule has 0 amide bonds. The minimum atomic E-state index is 0.709. The Morgan fingerprint density at radius 2 is 0.868 bits per heavy atom. The van der Waals surface area contributed by atoms with Crippen LogP contribution in [0.3, 0.4) is 0 Å². The van der Waals surface area contributed by atoms with E-state index in [0.29, 0.717) is 5.82 Å². The fourth-order valence-electron chi connectivity index (χ4n) is 7.48.